The summed E-state index contributed by atoms with van der Waals surface area (Å²) in [6.45, 7) is 5.89. The number of anilines is 1. The Kier molecular flexibility index (Phi) is 3.81. The standard InChI is InChI=1S/C15H25N3S/c1-10-7-8-11(2)18(9-10)15-17-13-6-4-5-12(16-3)14(13)19-15/h10-12,16H,4-9H2,1-3H3. The molecule has 0 bridgehead atoms. The van der Waals surface area contributed by atoms with Gasteiger partial charge in [0, 0.05) is 23.5 Å². The van der Waals surface area contributed by atoms with Crippen LogP contribution >= 0.6 is 11.3 Å². The third-order valence-corrected chi connectivity index (χ3v) is 5.90. The van der Waals surface area contributed by atoms with Crippen molar-refractivity contribution in [2.24, 2.45) is 5.92 Å². The Bertz CT molecular complexity index is 443. The Morgan fingerprint density at radius 3 is 2.89 bits per heavy atom. The van der Waals surface area contributed by atoms with Crippen LogP contribution in [0.5, 0.6) is 0 Å². The Morgan fingerprint density at radius 2 is 2.11 bits per heavy atom. The van der Waals surface area contributed by atoms with Gasteiger partial charge in [-0.25, -0.2) is 4.98 Å². The van der Waals surface area contributed by atoms with Crippen molar-refractivity contribution in [1.29, 1.82) is 0 Å². The second-order valence-corrected chi connectivity index (χ2v) is 7.23. The van der Waals surface area contributed by atoms with Crippen LogP contribution in [0.2, 0.25) is 0 Å². The van der Waals surface area contributed by atoms with Gasteiger partial charge in [-0.1, -0.05) is 18.3 Å². The zero-order valence-electron chi connectivity index (χ0n) is 12.3. The molecule has 106 valence electrons. The first-order chi connectivity index (χ1) is 9.19. The summed E-state index contributed by atoms with van der Waals surface area (Å²) in [4.78, 5) is 9.00. The van der Waals surface area contributed by atoms with Crippen molar-refractivity contribution in [3.63, 3.8) is 0 Å². The van der Waals surface area contributed by atoms with Gasteiger partial charge in [-0.3, -0.25) is 0 Å². The average Bonchev–Trinajstić information content (AvgIpc) is 2.85. The van der Waals surface area contributed by atoms with Crippen molar-refractivity contribution in [3.8, 4) is 0 Å². The molecule has 1 saturated heterocycles. The molecule has 2 aliphatic rings. The third-order valence-electron chi connectivity index (χ3n) is 4.65. The Hall–Kier alpha value is -0.610. The normalized spacial score (nSPS) is 31.3. The number of nitrogens with one attached hydrogen (secondary N) is 1. The third kappa shape index (κ3) is 2.52. The highest BCUT2D eigenvalue weighted by atomic mass is 32.1. The molecule has 3 unspecified atom stereocenters. The number of hydrogen-bond acceptors (Lipinski definition) is 4. The molecule has 0 spiro atoms. The van der Waals surface area contributed by atoms with Gasteiger partial charge in [0.05, 0.1) is 5.69 Å². The van der Waals surface area contributed by atoms with Crippen LogP contribution in [-0.2, 0) is 6.42 Å². The fraction of sp³-hybridized carbons (Fsp3) is 0.800. The maximum Gasteiger partial charge on any atom is 0.186 e. The maximum atomic E-state index is 4.96. The summed E-state index contributed by atoms with van der Waals surface area (Å²) in [5.41, 5.74) is 1.36. The summed E-state index contributed by atoms with van der Waals surface area (Å²) >= 11 is 1.93. The highest BCUT2D eigenvalue weighted by Gasteiger charge is 2.29. The second-order valence-electron chi connectivity index (χ2n) is 6.22. The zero-order chi connectivity index (χ0) is 13.4. The Morgan fingerprint density at radius 1 is 1.26 bits per heavy atom. The number of rotatable bonds is 2. The minimum atomic E-state index is 0.535. The highest BCUT2D eigenvalue weighted by Crippen LogP contribution is 2.39. The van der Waals surface area contributed by atoms with Gasteiger partial charge in [0.25, 0.3) is 0 Å². The van der Waals surface area contributed by atoms with E-state index in [0.717, 1.165) is 5.92 Å². The lowest BCUT2D eigenvalue weighted by molar-refractivity contribution is 0.390. The number of fused-ring (bicyclic) bond motifs is 1. The predicted octanol–water partition coefficient (Wildman–Crippen LogP) is 3.36. The zero-order valence-corrected chi connectivity index (χ0v) is 13.1. The van der Waals surface area contributed by atoms with Crippen LogP contribution in [0.1, 0.15) is 56.1 Å². The van der Waals surface area contributed by atoms with Crippen LogP contribution in [0.15, 0.2) is 0 Å². The highest BCUT2D eigenvalue weighted by molar-refractivity contribution is 7.15. The molecule has 3 nitrogen and oxygen atoms in total. The number of hydrogen-bond donors (Lipinski definition) is 1. The van der Waals surface area contributed by atoms with Crippen molar-refractivity contribution >= 4 is 16.5 Å². The monoisotopic (exact) mass is 279 g/mol. The van der Waals surface area contributed by atoms with Crippen molar-refractivity contribution in [2.45, 2.75) is 58.0 Å². The molecule has 0 aromatic carbocycles. The van der Waals surface area contributed by atoms with Gasteiger partial charge in [-0.05, 0) is 52.0 Å². The molecular formula is C15H25N3S. The summed E-state index contributed by atoms with van der Waals surface area (Å²) < 4.78 is 0. The SMILES string of the molecule is CNC1CCCc2nc(N3CC(C)CCC3C)sc21. The number of nitrogens with zero attached hydrogens (tertiary/aromatic N) is 2. The predicted molar refractivity (Wildman–Crippen MR) is 82.1 cm³/mol. The van der Waals surface area contributed by atoms with Crippen LogP contribution < -0.4 is 10.2 Å². The molecule has 1 aromatic rings. The molecule has 0 radical (unpaired) electrons. The molecule has 2 heterocycles. The second kappa shape index (κ2) is 5.41. The smallest absolute Gasteiger partial charge is 0.186 e. The number of thiazole rings is 1. The minimum Gasteiger partial charge on any atom is -0.345 e. The first-order valence-electron chi connectivity index (χ1n) is 7.62. The molecule has 1 N–H and O–H groups in total. The molecule has 0 saturated carbocycles. The molecule has 1 fully saturated rings. The van der Waals surface area contributed by atoms with E-state index in [1.54, 1.807) is 0 Å². The van der Waals surface area contributed by atoms with Gasteiger partial charge < -0.3 is 10.2 Å². The number of piperidine rings is 1. The van der Waals surface area contributed by atoms with Gasteiger partial charge in [-0.2, -0.15) is 0 Å². The maximum absolute atomic E-state index is 4.96. The minimum absolute atomic E-state index is 0.535. The summed E-state index contributed by atoms with van der Waals surface area (Å²) in [5.74, 6) is 0.803. The quantitative estimate of drug-likeness (QED) is 0.899. The van der Waals surface area contributed by atoms with E-state index >= 15 is 0 Å². The first kappa shape index (κ1) is 13.4. The fourth-order valence-electron chi connectivity index (χ4n) is 3.36. The summed E-state index contributed by atoms with van der Waals surface area (Å²) in [7, 11) is 2.07. The number of aromatic nitrogens is 1. The van der Waals surface area contributed by atoms with E-state index in [1.807, 2.05) is 11.3 Å². The molecule has 4 heteroatoms. The van der Waals surface area contributed by atoms with E-state index in [0.29, 0.717) is 12.1 Å². The summed E-state index contributed by atoms with van der Waals surface area (Å²) in [6.07, 6.45) is 6.37. The van der Waals surface area contributed by atoms with Crippen LogP contribution in [0.4, 0.5) is 5.13 Å². The van der Waals surface area contributed by atoms with Crippen LogP contribution in [0.25, 0.3) is 0 Å². The van der Waals surface area contributed by atoms with Crippen molar-refractivity contribution in [1.82, 2.24) is 10.3 Å². The van der Waals surface area contributed by atoms with Gasteiger partial charge in [0.15, 0.2) is 5.13 Å². The van der Waals surface area contributed by atoms with Crippen LogP contribution in [0.3, 0.4) is 0 Å². The molecular weight excluding hydrogens is 254 g/mol. The Balaban J connectivity index is 1.87. The molecule has 3 rings (SSSR count). The lowest BCUT2D eigenvalue weighted by Crippen LogP contribution is -2.41. The molecule has 1 aromatic heterocycles. The summed E-state index contributed by atoms with van der Waals surface area (Å²) in [6, 6.07) is 1.18. The Labute approximate surface area is 120 Å². The molecule has 19 heavy (non-hydrogen) atoms. The first-order valence-corrected chi connectivity index (χ1v) is 8.44. The number of aryl methyl sites for hydroxylation is 1. The average molecular weight is 279 g/mol. The summed E-state index contributed by atoms with van der Waals surface area (Å²) in [5, 5.41) is 4.72. The van der Waals surface area contributed by atoms with Crippen molar-refractivity contribution in [3.05, 3.63) is 10.6 Å². The molecule has 0 amide bonds. The van der Waals surface area contributed by atoms with Crippen molar-refractivity contribution < 1.29 is 0 Å². The topological polar surface area (TPSA) is 28.2 Å². The lowest BCUT2D eigenvalue weighted by Gasteiger charge is -2.36. The van der Waals surface area contributed by atoms with E-state index in [-0.39, 0.29) is 0 Å². The van der Waals surface area contributed by atoms with Crippen LogP contribution in [0, 0.1) is 5.92 Å². The molecule has 1 aliphatic carbocycles. The van der Waals surface area contributed by atoms with Gasteiger partial charge >= 0.3 is 0 Å². The lowest BCUT2D eigenvalue weighted by atomic mass is 9.96. The largest absolute Gasteiger partial charge is 0.345 e. The fourth-order valence-corrected chi connectivity index (χ4v) is 4.73. The van der Waals surface area contributed by atoms with E-state index < -0.39 is 0 Å². The van der Waals surface area contributed by atoms with E-state index in [1.165, 1.54) is 54.4 Å². The van der Waals surface area contributed by atoms with Crippen molar-refractivity contribution in [2.75, 3.05) is 18.5 Å². The van der Waals surface area contributed by atoms with Gasteiger partial charge in [-0.15, -0.1) is 0 Å². The van der Waals surface area contributed by atoms with E-state index in [4.69, 9.17) is 4.98 Å². The van der Waals surface area contributed by atoms with Gasteiger partial charge in [0.1, 0.15) is 0 Å². The van der Waals surface area contributed by atoms with Crippen LogP contribution in [-0.4, -0.2) is 24.6 Å². The van der Waals surface area contributed by atoms with Gasteiger partial charge in [0.2, 0.25) is 0 Å². The molecule has 3 atom stereocenters. The van der Waals surface area contributed by atoms with E-state index in [2.05, 4.69) is 31.1 Å². The van der Waals surface area contributed by atoms with E-state index in [9.17, 15) is 0 Å². The molecule has 1 aliphatic heterocycles.